The van der Waals surface area contributed by atoms with Crippen LogP contribution >= 0.6 is 11.6 Å². The van der Waals surface area contributed by atoms with Crippen LogP contribution in [0, 0.1) is 0 Å². The topological polar surface area (TPSA) is 24.5 Å². The number of ether oxygens (including phenoxy) is 1. The van der Waals surface area contributed by atoms with E-state index in [1.165, 1.54) is 37.1 Å². The van der Waals surface area contributed by atoms with E-state index >= 15 is 0 Å². The van der Waals surface area contributed by atoms with Crippen molar-refractivity contribution in [1.29, 1.82) is 0 Å². The van der Waals surface area contributed by atoms with Crippen molar-refractivity contribution < 1.29 is 4.74 Å². The molecule has 1 N–H and O–H groups in total. The van der Waals surface area contributed by atoms with Gasteiger partial charge in [-0.1, -0.05) is 23.7 Å². The maximum absolute atomic E-state index is 6.42. The zero-order valence-electron chi connectivity index (χ0n) is 11.2. The van der Waals surface area contributed by atoms with E-state index in [2.05, 4.69) is 28.4 Å². The Bertz CT molecular complexity index is 426. The molecule has 19 heavy (non-hydrogen) atoms. The zero-order valence-corrected chi connectivity index (χ0v) is 12.0. The van der Waals surface area contributed by atoms with Gasteiger partial charge in [0.2, 0.25) is 0 Å². The van der Waals surface area contributed by atoms with Gasteiger partial charge in [0.05, 0.1) is 12.7 Å². The molecule has 1 aromatic carbocycles. The summed E-state index contributed by atoms with van der Waals surface area (Å²) in [5.41, 5.74) is 2.42. The van der Waals surface area contributed by atoms with Crippen molar-refractivity contribution in [2.45, 2.75) is 25.5 Å². The Morgan fingerprint density at radius 2 is 2.16 bits per heavy atom. The normalized spacial score (nSPS) is 24.8. The summed E-state index contributed by atoms with van der Waals surface area (Å²) in [4.78, 5) is 2.47. The summed E-state index contributed by atoms with van der Waals surface area (Å²) in [5.74, 6) is 0. The minimum Gasteiger partial charge on any atom is -0.371 e. The molecule has 1 unspecified atom stereocenters. The van der Waals surface area contributed by atoms with E-state index in [1.54, 1.807) is 0 Å². The Kier molecular flexibility index (Phi) is 4.38. The molecule has 2 aliphatic rings. The molecule has 0 amide bonds. The lowest BCUT2D eigenvalue weighted by molar-refractivity contribution is 0.0277. The standard InChI is InChI=1S/C15H21ClN2O/c16-14-9-12(15-10-17-5-8-19-15)3-4-13(14)11-18-6-1-2-7-18/h3-4,9,15,17H,1-2,5-8,10-11H2. The Hall–Kier alpha value is -0.610. The minimum absolute atomic E-state index is 0.145. The van der Waals surface area contributed by atoms with Gasteiger partial charge in [0.1, 0.15) is 0 Å². The highest BCUT2D eigenvalue weighted by atomic mass is 35.5. The predicted molar refractivity (Wildman–Crippen MR) is 77.5 cm³/mol. The SMILES string of the molecule is Clc1cc(C2CNCCO2)ccc1CN1CCCC1. The molecule has 104 valence electrons. The van der Waals surface area contributed by atoms with E-state index in [9.17, 15) is 0 Å². The summed E-state index contributed by atoms with van der Waals surface area (Å²) >= 11 is 6.42. The predicted octanol–water partition coefficient (Wildman–Crippen LogP) is 2.60. The van der Waals surface area contributed by atoms with Crippen LogP contribution in [0.15, 0.2) is 18.2 Å². The Morgan fingerprint density at radius 3 is 2.84 bits per heavy atom. The molecule has 1 atom stereocenters. The first kappa shape index (κ1) is 13.4. The van der Waals surface area contributed by atoms with Crippen molar-refractivity contribution in [2.75, 3.05) is 32.8 Å². The largest absolute Gasteiger partial charge is 0.371 e. The summed E-state index contributed by atoms with van der Waals surface area (Å²) in [6, 6.07) is 6.40. The van der Waals surface area contributed by atoms with Crippen molar-refractivity contribution in [3.8, 4) is 0 Å². The van der Waals surface area contributed by atoms with Crippen LogP contribution in [0.4, 0.5) is 0 Å². The fourth-order valence-electron chi connectivity index (χ4n) is 2.85. The highest BCUT2D eigenvalue weighted by Crippen LogP contribution is 2.26. The van der Waals surface area contributed by atoms with Gasteiger partial charge in [-0.3, -0.25) is 4.90 Å². The van der Waals surface area contributed by atoms with E-state index in [0.29, 0.717) is 0 Å². The number of halogens is 1. The average Bonchev–Trinajstić information content (AvgIpc) is 2.95. The van der Waals surface area contributed by atoms with Gasteiger partial charge in [0.15, 0.2) is 0 Å². The van der Waals surface area contributed by atoms with Crippen LogP contribution in [0.3, 0.4) is 0 Å². The van der Waals surface area contributed by atoms with Crippen molar-refractivity contribution in [2.24, 2.45) is 0 Å². The van der Waals surface area contributed by atoms with Crippen LogP contribution in [0.5, 0.6) is 0 Å². The van der Waals surface area contributed by atoms with Crippen molar-refractivity contribution in [3.05, 3.63) is 34.3 Å². The third kappa shape index (κ3) is 3.29. The molecular weight excluding hydrogens is 260 g/mol. The lowest BCUT2D eigenvalue weighted by atomic mass is 10.1. The molecule has 0 radical (unpaired) electrons. The average molecular weight is 281 g/mol. The van der Waals surface area contributed by atoms with Gasteiger partial charge < -0.3 is 10.1 Å². The summed E-state index contributed by atoms with van der Waals surface area (Å²) in [5, 5.41) is 4.22. The Morgan fingerprint density at radius 1 is 1.32 bits per heavy atom. The highest BCUT2D eigenvalue weighted by molar-refractivity contribution is 6.31. The smallest absolute Gasteiger partial charge is 0.0950 e. The van der Waals surface area contributed by atoms with Crippen LogP contribution in [0.2, 0.25) is 5.02 Å². The molecule has 3 rings (SSSR count). The quantitative estimate of drug-likeness (QED) is 0.921. The molecule has 0 aromatic heterocycles. The number of benzene rings is 1. The molecule has 0 spiro atoms. The Balaban J connectivity index is 1.69. The minimum atomic E-state index is 0.145. The summed E-state index contributed by atoms with van der Waals surface area (Å²) < 4.78 is 5.76. The van der Waals surface area contributed by atoms with Gasteiger partial charge in [-0.15, -0.1) is 0 Å². The second-order valence-corrected chi connectivity index (χ2v) is 5.80. The number of likely N-dealkylation sites (tertiary alicyclic amines) is 1. The number of nitrogens with zero attached hydrogens (tertiary/aromatic N) is 1. The lowest BCUT2D eigenvalue weighted by Crippen LogP contribution is -2.33. The maximum Gasteiger partial charge on any atom is 0.0950 e. The van der Waals surface area contributed by atoms with E-state index in [-0.39, 0.29) is 6.10 Å². The third-order valence-corrected chi connectivity index (χ3v) is 4.32. The van der Waals surface area contributed by atoms with Gasteiger partial charge in [-0.2, -0.15) is 0 Å². The lowest BCUT2D eigenvalue weighted by Gasteiger charge is -2.24. The van der Waals surface area contributed by atoms with Crippen molar-refractivity contribution in [3.63, 3.8) is 0 Å². The molecule has 0 bridgehead atoms. The summed E-state index contributed by atoms with van der Waals surface area (Å²) in [6.07, 6.45) is 2.78. The van der Waals surface area contributed by atoms with Crippen LogP contribution in [-0.4, -0.2) is 37.7 Å². The number of nitrogens with one attached hydrogen (secondary N) is 1. The zero-order chi connectivity index (χ0) is 13.1. The molecule has 2 heterocycles. The van der Waals surface area contributed by atoms with Gasteiger partial charge >= 0.3 is 0 Å². The van der Waals surface area contributed by atoms with Crippen molar-refractivity contribution >= 4 is 11.6 Å². The van der Waals surface area contributed by atoms with Gasteiger partial charge in [-0.25, -0.2) is 0 Å². The molecule has 0 saturated carbocycles. The number of rotatable bonds is 3. The number of morpholine rings is 1. The van der Waals surface area contributed by atoms with Crippen LogP contribution < -0.4 is 5.32 Å². The summed E-state index contributed by atoms with van der Waals surface area (Å²) in [6.45, 7) is 5.97. The molecule has 1 aromatic rings. The highest BCUT2D eigenvalue weighted by Gasteiger charge is 2.18. The van der Waals surface area contributed by atoms with Gasteiger partial charge in [0, 0.05) is 24.7 Å². The van der Waals surface area contributed by atoms with E-state index in [0.717, 1.165) is 31.3 Å². The fourth-order valence-corrected chi connectivity index (χ4v) is 3.10. The molecule has 2 saturated heterocycles. The van der Waals surface area contributed by atoms with E-state index in [4.69, 9.17) is 16.3 Å². The molecule has 2 aliphatic heterocycles. The van der Waals surface area contributed by atoms with Gasteiger partial charge in [-0.05, 0) is 43.1 Å². The number of hydrogen-bond acceptors (Lipinski definition) is 3. The molecule has 2 fully saturated rings. The fraction of sp³-hybridized carbons (Fsp3) is 0.600. The van der Waals surface area contributed by atoms with E-state index < -0.39 is 0 Å². The first-order chi connectivity index (χ1) is 9.33. The third-order valence-electron chi connectivity index (χ3n) is 3.97. The Labute approximate surface area is 119 Å². The van der Waals surface area contributed by atoms with Crippen LogP contribution in [0.25, 0.3) is 0 Å². The second kappa shape index (κ2) is 6.23. The summed E-state index contributed by atoms with van der Waals surface area (Å²) in [7, 11) is 0. The van der Waals surface area contributed by atoms with Crippen LogP contribution in [-0.2, 0) is 11.3 Å². The molecule has 3 nitrogen and oxygen atoms in total. The maximum atomic E-state index is 6.42. The van der Waals surface area contributed by atoms with Gasteiger partial charge in [0.25, 0.3) is 0 Å². The monoisotopic (exact) mass is 280 g/mol. The first-order valence-electron chi connectivity index (χ1n) is 7.16. The molecule has 4 heteroatoms. The van der Waals surface area contributed by atoms with Crippen molar-refractivity contribution in [1.82, 2.24) is 10.2 Å². The molecule has 0 aliphatic carbocycles. The number of hydrogen-bond donors (Lipinski definition) is 1. The van der Waals surface area contributed by atoms with Crippen LogP contribution in [0.1, 0.15) is 30.1 Å². The van der Waals surface area contributed by atoms with E-state index in [1.807, 2.05) is 0 Å². The molecular formula is C15H21ClN2O. The first-order valence-corrected chi connectivity index (χ1v) is 7.54. The second-order valence-electron chi connectivity index (χ2n) is 5.40.